The molecule has 12 nitrogen and oxygen atoms in total. The summed E-state index contributed by atoms with van der Waals surface area (Å²) in [4.78, 5) is 43.4. The molecule has 2 unspecified atom stereocenters. The fourth-order valence-corrected chi connectivity index (χ4v) is 5.70. The van der Waals surface area contributed by atoms with E-state index in [-0.39, 0.29) is 34.6 Å². The van der Waals surface area contributed by atoms with Gasteiger partial charge in [0.25, 0.3) is 0 Å². The second-order valence-electron chi connectivity index (χ2n) is 10.9. The van der Waals surface area contributed by atoms with Crippen LogP contribution in [0.5, 0.6) is 0 Å². The van der Waals surface area contributed by atoms with Gasteiger partial charge in [0.1, 0.15) is 12.2 Å². The Hall–Kier alpha value is -2.18. The first-order valence-electron chi connectivity index (χ1n) is 15.2. The zero-order valence-corrected chi connectivity index (χ0v) is 26.4. The molecule has 1 saturated heterocycles. The summed E-state index contributed by atoms with van der Waals surface area (Å²) in [6.07, 6.45) is 17.0. The number of aliphatic hydroxyl groups excluding tert-OH is 2. The Bertz CT molecular complexity index is 1270. The molecule has 0 saturated carbocycles. The summed E-state index contributed by atoms with van der Waals surface area (Å²) in [6, 6.07) is 0. The molecule has 43 heavy (non-hydrogen) atoms. The molecule has 4 atom stereocenters. The van der Waals surface area contributed by atoms with Crippen molar-refractivity contribution in [2.24, 2.45) is 0 Å². The number of rotatable bonds is 19. The van der Waals surface area contributed by atoms with E-state index in [0.29, 0.717) is 6.42 Å². The fraction of sp³-hybridized carbons (Fsp3) is 0.655. The van der Waals surface area contributed by atoms with Gasteiger partial charge in [-0.25, -0.2) is 4.98 Å². The molecule has 3 heterocycles. The van der Waals surface area contributed by atoms with Gasteiger partial charge in [-0.2, -0.15) is 9.97 Å². The lowest BCUT2D eigenvalue weighted by Gasteiger charge is -2.16. The molecule has 0 aromatic carbocycles. The van der Waals surface area contributed by atoms with E-state index in [1.165, 1.54) is 36.6 Å². The second kappa shape index (κ2) is 17.9. The zero-order chi connectivity index (χ0) is 31.2. The van der Waals surface area contributed by atoms with Gasteiger partial charge < -0.3 is 30.1 Å². The highest BCUT2D eigenvalue weighted by molar-refractivity contribution is 7.51. The molecule has 0 bridgehead atoms. The first-order valence-corrected chi connectivity index (χ1v) is 17.3. The van der Waals surface area contributed by atoms with Crippen LogP contribution in [0.4, 0.5) is 5.82 Å². The maximum absolute atomic E-state index is 12.6. The Balaban J connectivity index is 1.42. The minimum absolute atomic E-state index is 0.118. The molecule has 1 aliphatic heterocycles. The molecular weight excluding hydrogens is 597 g/mol. The van der Waals surface area contributed by atoms with Crippen molar-refractivity contribution < 1.29 is 34.1 Å². The van der Waals surface area contributed by atoms with Gasteiger partial charge in [-0.05, 0) is 56.5 Å². The molecule has 0 spiro atoms. The van der Waals surface area contributed by atoms with Crippen molar-refractivity contribution in [2.75, 3.05) is 11.5 Å². The van der Waals surface area contributed by atoms with Crippen LogP contribution in [0, 0.1) is 0 Å². The van der Waals surface area contributed by atoms with Gasteiger partial charge in [0.2, 0.25) is 11.2 Å². The first-order chi connectivity index (χ1) is 20.6. The Morgan fingerprint density at radius 1 is 1.02 bits per heavy atom. The van der Waals surface area contributed by atoms with E-state index in [1.807, 2.05) is 0 Å². The Labute approximate surface area is 257 Å². The van der Waals surface area contributed by atoms with E-state index < -0.39 is 38.3 Å². The molecular formula is C29H45ClN5O7P. The molecule has 0 radical (unpaired) electrons. The quantitative estimate of drug-likeness (QED) is 0.0575. The van der Waals surface area contributed by atoms with Crippen LogP contribution in [0.25, 0.3) is 11.2 Å². The number of aliphatic hydroxyl groups is 2. The highest BCUT2D eigenvalue weighted by Gasteiger charge is 2.44. The van der Waals surface area contributed by atoms with Crippen molar-refractivity contribution in [3.8, 4) is 0 Å². The predicted molar refractivity (Wildman–Crippen MR) is 166 cm³/mol. The van der Waals surface area contributed by atoms with E-state index in [9.17, 15) is 19.6 Å². The lowest BCUT2D eigenvalue weighted by molar-refractivity contribution is -0.116. The van der Waals surface area contributed by atoms with Crippen LogP contribution >= 0.6 is 19.2 Å². The SMILES string of the molecule is CCCCC/C=C\C/C=C\CCCCCCCC(=O)Nc1nc(Cl)nc2c1ncn2[C@@H]1O[C@H](CCP(=O)(O)O)C(O)C1O. The second-order valence-corrected chi connectivity index (χ2v) is 13.0. The third-order valence-electron chi connectivity index (χ3n) is 7.32. The lowest BCUT2D eigenvalue weighted by atomic mass is 10.1. The number of unbranched alkanes of at least 4 members (excludes halogenated alkanes) is 8. The molecule has 1 aliphatic rings. The van der Waals surface area contributed by atoms with Gasteiger partial charge in [-0.15, -0.1) is 0 Å². The van der Waals surface area contributed by atoms with Crippen molar-refractivity contribution in [2.45, 2.75) is 115 Å². The minimum Gasteiger partial charge on any atom is -0.388 e. The van der Waals surface area contributed by atoms with Crippen molar-refractivity contribution in [1.29, 1.82) is 0 Å². The summed E-state index contributed by atoms with van der Waals surface area (Å²) in [5, 5.41) is 23.5. The summed E-state index contributed by atoms with van der Waals surface area (Å²) in [5.74, 6) is -0.117. The van der Waals surface area contributed by atoms with Gasteiger partial charge in [0.15, 0.2) is 23.2 Å². The summed E-state index contributed by atoms with van der Waals surface area (Å²) in [7, 11) is -4.31. The number of nitrogens with zero attached hydrogens (tertiary/aromatic N) is 4. The van der Waals surface area contributed by atoms with Crippen LogP contribution in [-0.4, -0.2) is 69.9 Å². The number of carbonyl (C=O) groups excluding carboxylic acids is 1. The maximum Gasteiger partial charge on any atom is 0.325 e. The number of hydrogen-bond donors (Lipinski definition) is 5. The zero-order valence-electron chi connectivity index (χ0n) is 24.7. The van der Waals surface area contributed by atoms with Gasteiger partial charge in [0, 0.05) is 6.42 Å². The van der Waals surface area contributed by atoms with E-state index in [2.05, 4.69) is 51.5 Å². The summed E-state index contributed by atoms with van der Waals surface area (Å²) in [5.41, 5.74) is 0.390. The smallest absolute Gasteiger partial charge is 0.325 e. The topological polar surface area (TPSA) is 180 Å². The number of nitrogens with one attached hydrogen (secondary N) is 1. The minimum atomic E-state index is -4.31. The molecule has 1 fully saturated rings. The highest BCUT2D eigenvalue weighted by Crippen LogP contribution is 2.39. The average Bonchev–Trinajstić information content (AvgIpc) is 3.49. The van der Waals surface area contributed by atoms with Crippen molar-refractivity contribution in [3.63, 3.8) is 0 Å². The number of hydrogen-bond acceptors (Lipinski definition) is 8. The monoisotopic (exact) mass is 641 g/mol. The standard InChI is InChI=1S/C29H45ClN5O7P/c1-2-3-4-5-6-7-8-9-10-11-12-13-14-15-16-17-22(36)32-26-23-27(34-29(30)33-26)35(20-31-23)28-25(38)24(37)21(42-28)18-19-43(39,40)41/h6-7,9-10,20-21,24-25,28,37-38H,2-5,8,11-19H2,1H3,(H2,39,40,41)(H,32,33,34,36)/b7-6-,10-9-/t21-,24?,25?,28-/m1/s1. The van der Waals surface area contributed by atoms with Crippen molar-refractivity contribution in [3.05, 3.63) is 35.9 Å². The Morgan fingerprint density at radius 3 is 2.40 bits per heavy atom. The van der Waals surface area contributed by atoms with Gasteiger partial charge in [-0.3, -0.25) is 13.9 Å². The largest absolute Gasteiger partial charge is 0.388 e. The fourth-order valence-electron chi connectivity index (χ4n) is 4.95. The van der Waals surface area contributed by atoms with Crippen LogP contribution in [0.2, 0.25) is 5.28 Å². The van der Waals surface area contributed by atoms with Gasteiger partial charge in [-0.1, -0.05) is 63.3 Å². The van der Waals surface area contributed by atoms with E-state index >= 15 is 0 Å². The van der Waals surface area contributed by atoms with Crippen LogP contribution < -0.4 is 5.32 Å². The van der Waals surface area contributed by atoms with E-state index in [1.54, 1.807) is 0 Å². The number of fused-ring (bicyclic) bond motifs is 1. The van der Waals surface area contributed by atoms with Crippen molar-refractivity contribution in [1.82, 2.24) is 19.5 Å². The van der Waals surface area contributed by atoms with E-state index in [0.717, 1.165) is 44.9 Å². The Kier molecular flexibility index (Phi) is 14.7. The maximum atomic E-state index is 12.6. The molecule has 3 rings (SSSR count). The van der Waals surface area contributed by atoms with Gasteiger partial charge in [0.05, 0.1) is 18.6 Å². The number of allylic oxidation sites excluding steroid dienone is 4. The molecule has 240 valence electrons. The van der Waals surface area contributed by atoms with Crippen LogP contribution in [-0.2, 0) is 14.1 Å². The number of aromatic nitrogens is 4. The number of ether oxygens (including phenoxy) is 1. The van der Waals surface area contributed by atoms with Crippen LogP contribution in [0.1, 0.15) is 96.6 Å². The highest BCUT2D eigenvalue weighted by atomic mass is 35.5. The molecule has 5 N–H and O–H groups in total. The summed E-state index contributed by atoms with van der Waals surface area (Å²) < 4.78 is 18.3. The summed E-state index contributed by atoms with van der Waals surface area (Å²) >= 11 is 6.12. The Morgan fingerprint density at radius 2 is 1.70 bits per heavy atom. The molecule has 2 aromatic heterocycles. The predicted octanol–water partition coefficient (Wildman–Crippen LogP) is 5.42. The normalized spacial score (nSPS) is 21.1. The van der Waals surface area contributed by atoms with E-state index in [4.69, 9.17) is 26.1 Å². The number of imidazole rings is 1. The average molecular weight is 642 g/mol. The van der Waals surface area contributed by atoms with Crippen LogP contribution in [0.3, 0.4) is 0 Å². The lowest BCUT2D eigenvalue weighted by Crippen LogP contribution is -2.31. The number of halogens is 1. The van der Waals surface area contributed by atoms with Gasteiger partial charge >= 0.3 is 7.60 Å². The third kappa shape index (κ3) is 11.7. The molecule has 1 amide bonds. The molecule has 2 aromatic rings. The number of anilines is 1. The third-order valence-corrected chi connectivity index (χ3v) is 8.33. The first kappa shape index (κ1) is 35.3. The number of amides is 1. The number of carbonyl (C=O) groups is 1. The summed E-state index contributed by atoms with van der Waals surface area (Å²) in [6.45, 7) is 2.22. The molecule has 0 aliphatic carbocycles. The van der Waals surface area contributed by atoms with Crippen molar-refractivity contribution >= 4 is 42.1 Å². The molecule has 14 heteroatoms. The van der Waals surface area contributed by atoms with Crippen LogP contribution in [0.15, 0.2) is 30.6 Å².